The molecule has 0 aromatic heterocycles. The van der Waals surface area contributed by atoms with Gasteiger partial charge in [-0.05, 0) is 48.7 Å². The van der Waals surface area contributed by atoms with E-state index in [0.717, 1.165) is 42.0 Å². The van der Waals surface area contributed by atoms with E-state index in [4.69, 9.17) is 4.74 Å². The number of amides is 2. The number of halogens is 3. The average molecular weight is 494 g/mol. The fourth-order valence-corrected chi connectivity index (χ4v) is 4.24. The van der Waals surface area contributed by atoms with Crippen LogP contribution in [0.5, 0.6) is 5.75 Å². The molecule has 1 saturated heterocycles. The predicted molar refractivity (Wildman–Crippen MR) is 115 cm³/mol. The number of hydrogen-bond donors (Lipinski definition) is 1. The van der Waals surface area contributed by atoms with Crippen LogP contribution in [-0.2, 0) is 16.1 Å². The van der Waals surface area contributed by atoms with Crippen molar-refractivity contribution < 1.29 is 23.1 Å². The molecule has 0 spiro atoms. The van der Waals surface area contributed by atoms with Crippen LogP contribution in [0.4, 0.5) is 14.5 Å². The van der Waals surface area contributed by atoms with E-state index in [-0.39, 0.29) is 31.0 Å². The molecule has 0 bridgehead atoms. The highest BCUT2D eigenvalue weighted by Crippen LogP contribution is 2.34. The Morgan fingerprint density at radius 3 is 2.65 bits per heavy atom. The molecule has 0 radical (unpaired) electrons. The average Bonchev–Trinajstić information content (AvgIpc) is 2.74. The van der Waals surface area contributed by atoms with Crippen LogP contribution in [-0.4, -0.2) is 49.0 Å². The quantitative estimate of drug-likeness (QED) is 0.694. The highest BCUT2D eigenvalue weighted by Gasteiger charge is 2.29. The molecular formula is C22H22BrF2N3O3. The van der Waals surface area contributed by atoms with Gasteiger partial charge in [-0.1, -0.05) is 22.0 Å². The van der Waals surface area contributed by atoms with Gasteiger partial charge in [-0.15, -0.1) is 0 Å². The number of ether oxygens (including phenoxy) is 1. The van der Waals surface area contributed by atoms with Gasteiger partial charge in [0.05, 0.1) is 5.69 Å². The number of piperidine rings is 1. The van der Waals surface area contributed by atoms with Crippen LogP contribution in [0.1, 0.15) is 18.4 Å². The Hall–Kier alpha value is -2.52. The van der Waals surface area contributed by atoms with E-state index >= 15 is 0 Å². The van der Waals surface area contributed by atoms with Crippen molar-refractivity contribution in [2.75, 3.05) is 31.1 Å². The number of carbonyl (C=O) groups is 2. The second-order valence-corrected chi connectivity index (χ2v) is 8.66. The van der Waals surface area contributed by atoms with Gasteiger partial charge < -0.3 is 10.1 Å². The van der Waals surface area contributed by atoms with Crippen molar-refractivity contribution in [3.8, 4) is 5.75 Å². The first kappa shape index (κ1) is 21.7. The van der Waals surface area contributed by atoms with E-state index in [1.165, 1.54) is 11.0 Å². The van der Waals surface area contributed by atoms with E-state index in [0.29, 0.717) is 18.0 Å². The van der Waals surface area contributed by atoms with Crippen LogP contribution in [0.25, 0.3) is 0 Å². The Bertz CT molecular complexity index is 996. The van der Waals surface area contributed by atoms with Crippen molar-refractivity contribution in [3.63, 3.8) is 0 Å². The summed E-state index contributed by atoms with van der Waals surface area (Å²) in [7, 11) is 0. The standard InChI is InChI=1S/C22H22BrF2N3O3/c23-15-2-4-19-20(10-15)31-13-22(30)28(19)12-21(29)26-16-5-7-27(8-6-16)11-14-1-3-17(24)18(25)9-14/h1-4,9-10,16H,5-8,11-13H2,(H,26,29). The zero-order chi connectivity index (χ0) is 22.0. The zero-order valence-corrected chi connectivity index (χ0v) is 18.3. The molecule has 4 rings (SSSR count). The molecule has 6 nitrogen and oxygen atoms in total. The summed E-state index contributed by atoms with van der Waals surface area (Å²) >= 11 is 3.37. The second kappa shape index (κ2) is 9.32. The van der Waals surface area contributed by atoms with E-state index < -0.39 is 11.6 Å². The molecule has 0 unspecified atom stereocenters. The number of likely N-dealkylation sites (tertiary alicyclic amines) is 1. The van der Waals surface area contributed by atoms with Crippen molar-refractivity contribution in [3.05, 3.63) is 58.1 Å². The van der Waals surface area contributed by atoms with Gasteiger partial charge in [-0.2, -0.15) is 0 Å². The van der Waals surface area contributed by atoms with Gasteiger partial charge in [0, 0.05) is 30.1 Å². The lowest BCUT2D eigenvalue weighted by atomic mass is 10.0. The Morgan fingerprint density at radius 1 is 1.13 bits per heavy atom. The van der Waals surface area contributed by atoms with Crippen LogP contribution in [0.15, 0.2) is 40.9 Å². The minimum absolute atomic E-state index is 0.00855. The number of nitrogens with one attached hydrogen (secondary N) is 1. The molecule has 0 atom stereocenters. The molecule has 1 fully saturated rings. The lowest BCUT2D eigenvalue weighted by Gasteiger charge is -2.33. The van der Waals surface area contributed by atoms with Gasteiger partial charge in [-0.25, -0.2) is 8.78 Å². The normalized spacial score (nSPS) is 17.3. The minimum atomic E-state index is -0.848. The van der Waals surface area contributed by atoms with Crippen LogP contribution >= 0.6 is 15.9 Å². The Morgan fingerprint density at radius 2 is 1.90 bits per heavy atom. The zero-order valence-electron chi connectivity index (χ0n) is 16.7. The molecule has 2 heterocycles. The number of anilines is 1. The van der Waals surface area contributed by atoms with E-state index in [9.17, 15) is 18.4 Å². The molecular weight excluding hydrogens is 472 g/mol. The molecule has 164 valence electrons. The summed E-state index contributed by atoms with van der Waals surface area (Å²) in [6, 6.07) is 9.28. The summed E-state index contributed by atoms with van der Waals surface area (Å²) in [6.45, 7) is 1.84. The summed E-state index contributed by atoms with van der Waals surface area (Å²) < 4.78 is 32.8. The van der Waals surface area contributed by atoms with Crippen molar-refractivity contribution >= 4 is 33.4 Å². The molecule has 0 saturated carbocycles. The number of benzene rings is 2. The van der Waals surface area contributed by atoms with Crippen LogP contribution < -0.4 is 15.0 Å². The first-order valence-corrected chi connectivity index (χ1v) is 10.9. The molecule has 2 aliphatic rings. The third kappa shape index (κ3) is 5.22. The van der Waals surface area contributed by atoms with Crippen molar-refractivity contribution in [1.29, 1.82) is 0 Å². The molecule has 1 N–H and O–H groups in total. The molecule has 2 amide bonds. The third-order valence-corrected chi connectivity index (χ3v) is 6.00. The van der Waals surface area contributed by atoms with Crippen LogP contribution in [0, 0.1) is 11.6 Å². The lowest BCUT2D eigenvalue weighted by molar-refractivity contribution is -0.125. The van der Waals surface area contributed by atoms with Gasteiger partial charge in [0.15, 0.2) is 18.2 Å². The van der Waals surface area contributed by atoms with E-state index in [1.54, 1.807) is 24.3 Å². The molecule has 0 aliphatic carbocycles. The maximum Gasteiger partial charge on any atom is 0.265 e. The summed E-state index contributed by atoms with van der Waals surface area (Å²) in [4.78, 5) is 28.5. The molecule has 2 aromatic carbocycles. The maximum atomic E-state index is 13.4. The number of hydrogen-bond acceptors (Lipinski definition) is 4. The topological polar surface area (TPSA) is 61.9 Å². The van der Waals surface area contributed by atoms with Gasteiger partial charge in [0.1, 0.15) is 12.3 Å². The number of fused-ring (bicyclic) bond motifs is 1. The lowest BCUT2D eigenvalue weighted by Crippen LogP contribution is -2.49. The summed E-state index contributed by atoms with van der Waals surface area (Å²) in [6.07, 6.45) is 1.49. The van der Waals surface area contributed by atoms with E-state index in [2.05, 4.69) is 26.1 Å². The monoisotopic (exact) mass is 493 g/mol. The fourth-order valence-electron chi connectivity index (χ4n) is 3.90. The van der Waals surface area contributed by atoms with Gasteiger partial charge in [0.25, 0.3) is 5.91 Å². The Labute approximate surface area is 187 Å². The van der Waals surface area contributed by atoms with Crippen molar-refractivity contribution in [1.82, 2.24) is 10.2 Å². The highest BCUT2D eigenvalue weighted by molar-refractivity contribution is 9.10. The van der Waals surface area contributed by atoms with Gasteiger partial charge in [0.2, 0.25) is 5.91 Å². The smallest absolute Gasteiger partial charge is 0.265 e. The van der Waals surface area contributed by atoms with Crippen LogP contribution in [0.2, 0.25) is 0 Å². The highest BCUT2D eigenvalue weighted by atomic mass is 79.9. The van der Waals surface area contributed by atoms with E-state index in [1.807, 2.05) is 0 Å². The van der Waals surface area contributed by atoms with Gasteiger partial charge >= 0.3 is 0 Å². The van der Waals surface area contributed by atoms with Crippen molar-refractivity contribution in [2.24, 2.45) is 0 Å². The largest absolute Gasteiger partial charge is 0.482 e. The Kier molecular flexibility index (Phi) is 6.52. The molecule has 2 aliphatic heterocycles. The SMILES string of the molecule is O=C(CN1C(=O)COc2cc(Br)ccc21)NC1CCN(Cc2ccc(F)c(F)c2)CC1. The minimum Gasteiger partial charge on any atom is -0.482 e. The number of rotatable bonds is 5. The predicted octanol–water partition coefficient (Wildman–Crippen LogP) is 3.23. The maximum absolute atomic E-state index is 13.4. The molecule has 31 heavy (non-hydrogen) atoms. The van der Waals surface area contributed by atoms with Crippen molar-refractivity contribution in [2.45, 2.75) is 25.4 Å². The van der Waals surface area contributed by atoms with Crippen LogP contribution in [0.3, 0.4) is 0 Å². The first-order valence-electron chi connectivity index (χ1n) is 10.1. The fraction of sp³-hybridized carbons (Fsp3) is 0.364. The summed E-state index contributed by atoms with van der Waals surface area (Å²) in [5.74, 6) is -1.60. The van der Waals surface area contributed by atoms with Gasteiger partial charge in [-0.3, -0.25) is 19.4 Å². The second-order valence-electron chi connectivity index (χ2n) is 7.75. The number of carbonyl (C=O) groups excluding carboxylic acids is 2. The first-order chi connectivity index (χ1) is 14.9. The Balaban J connectivity index is 1.28. The molecule has 9 heteroatoms. The summed E-state index contributed by atoms with van der Waals surface area (Å²) in [5, 5.41) is 3.01. The summed E-state index contributed by atoms with van der Waals surface area (Å²) in [5.41, 5.74) is 1.30. The molecule has 2 aromatic rings. The third-order valence-electron chi connectivity index (χ3n) is 5.51. The number of nitrogens with zero attached hydrogens (tertiary/aromatic N) is 2.